The highest BCUT2D eigenvalue weighted by Gasteiger charge is 2.51. The van der Waals surface area contributed by atoms with Gasteiger partial charge in [-0.05, 0) is 121 Å². The van der Waals surface area contributed by atoms with Crippen molar-refractivity contribution in [2.45, 2.75) is 24.7 Å². The SMILES string of the molecule is CC1(C)c2ccccc2-c2c(N(c3ccc(-c4ccc5c(c4)oc4ccccc45)cc3)c3ccc4c(c3)C3(c5ccccc5-c5ccccc53)c3ccccc3-4)cccc21. The number of hydrogen-bond acceptors (Lipinski definition) is 2. The summed E-state index contributed by atoms with van der Waals surface area (Å²) in [6, 6.07) is 74.3. The molecule has 0 atom stereocenters. The minimum atomic E-state index is -0.437. The van der Waals surface area contributed by atoms with E-state index in [9.17, 15) is 0 Å². The van der Waals surface area contributed by atoms with E-state index in [4.69, 9.17) is 4.42 Å². The molecule has 0 bridgehead atoms. The number of para-hydroxylation sites is 1. The van der Waals surface area contributed by atoms with Gasteiger partial charge in [-0.1, -0.05) is 166 Å². The summed E-state index contributed by atoms with van der Waals surface area (Å²) in [4.78, 5) is 2.51. The van der Waals surface area contributed by atoms with Crippen LogP contribution >= 0.6 is 0 Å². The summed E-state index contributed by atoms with van der Waals surface area (Å²) >= 11 is 0. The topological polar surface area (TPSA) is 16.4 Å². The van der Waals surface area contributed by atoms with E-state index >= 15 is 0 Å². The maximum Gasteiger partial charge on any atom is 0.136 e. The highest BCUT2D eigenvalue weighted by Crippen LogP contribution is 2.63. The van der Waals surface area contributed by atoms with Gasteiger partial charge in [0.15, 0.2) is 0 Å². The van der Waals surface area contributed by atoms with E-state index in [0.29, 0.717) is 0 Å². The molecule has 2 heteroatoms. The Balaban J connectivity index is 1.04. The van der Waals surface area contributed by atoms with Crippen molar-refractivity contribution in [1.29, 1.82) is 0 Å². The Hall–Kier alpha value is -7.42. The van der Waals surface area contributed by atoms with Crippen LogP contribution < -0.4 is 4.90 Å². The molecule has 9 aromatic carbocycles. The summed E-state index contributed by atoms with van der Waals surface area (Å²) in [6.45, 7) is 4.73. The molecule has 60 heavy (non-hydrogen) atoms. The maximum absolute atomic E-state index is 6.32. The molecule has 0 radical (unpaired) electrons. The largest absolute Gasteiger partial charge is 0.456 e. The number of rotatable bonds is 4. The van der Waals surface area contributed by atoms with Crippen molar-refractivity contribution in [3.8, 4) is 44.5 Å². The highest BCUT2D eigenvalue weighted by atomic mass is 16.3. The standard InChI is InChI=1S/C58H39NO/c1-57(2)47-19-8-6-18-46(47)56-51(57)23-13-24-53(56)59(38-29-26-36(27-30-38)37-28-32-45-44-17-7-12-25-54(44)60-55(45)34-37)39-31-33-43-42-16-5-11-22-50(42)58(52(43)35-39)48-20-9-3-14-40(48)41-15-4-10-21-49(41)58/h3-35H,1-2H3. The van der Waals surface area contributed by atoms with E-state index in [1.807, 2.05) is 12.1 Å². The number of fused-ring (bicyclic) bond motifs is 16. The molecule has 0 saturated carbocycles. The van der Waals surface area contributed by atoms with Gasteiger partial charge in [0.25, 0.3) is 0 Å². The van der Waals surface area contributed by atoms with Crippen LogP contribution in [0.1, 0.15) is 47.2 Å². The van der Waals surface area contributed by atoms with Crippen LogP contribution in [0, 0.1) is 0 Å². The summed E-state index contributed by atoms with van der Waals surface area (Å²) in [5.41, 5.74) is 22.9. The molecule has 0 N–H and O–H groups in total. The summed E-state index contributed by atoms with van der Waals surface area (Å²) in [6.07, 6.45) is 0. The second kappa shape index (κ2) is 12.1. The van der Waals surface area contributed by atoms with Crippen molar-refractivity contribution >= 4 is 39.0 Å². The van der Waals surface area contributed by atoms with Crippen LogP contribution in [0.3, 0.4) is 0 Å². The summed E-state index contributed by atoms with van der Waals surface area (Å²) < 4.78 is 6.32. The fraction of sp³-hybridized carbons (Fsp3) is 0.0690. The first kappa shape index (κ1) is 33.5. The van der Waals surface area contributed by atoms with Crippen molar-refractivity contribution in [2.24, 2.45) is 0 Å². The Morgan fingerprint density at radius 3 is 1.60 bits per heavy atom. The lowest BCUT2D eigenvalue weighted by Gasteiger charge is -2.33. The van der Waals surface area contributed by atoms with Crippen molar-refractivity contribution < 1.29 is 4.42 Å². The van der Waals surface area contributed by atoms with Crippen LogP contribution in [-0.4, -0.2) is 0 Å². The van der Waals surface area contributed by atoms with Crippen molar-refractivity contribution in [2.75, 3.05) is 4.90 Å². The van der Waals surface area contributed by atoms with E-state index < -0.39 is 5.41 Å². The zero-order chi connectivity index (χ0) is 39.7. The fourth-order valence-electron chi connectivity index (χ4n) is 11.3. The van der Waals surface area contributed by atoms with Gasteiger partial charge < -0.3 is 9.32 Å². The molecule has 3 aliphatic rings. The van der Waals surface area contributed by atoms with Crippen LogP contribution in [0.4, 0.5) is 17.1 Å². The van der Waals surface area contributed by atoms with Crippen LogP contribution in [-0.2, 0) is 10.8 Å². The number of benzene rings is 9. The smallest absolute Gasteiger partial charge is 0.136 e. The van der Waals surface area contributed by atoms with Gasteiger partial charge in [-0.15, -0.1) is 0 Å². The third-order valence-electron chi connectivity index (χ3n) is 13.9. The molecule has 13 rings (SSSR count). The molecule has 3 aliphatic carbocycles. The Labute approximate surface area is 349 Å². The molecule has 0 aliphatic heterocycles. The molecular formula is C58H39NO. The zero-order valence-corrected chi connectivity index (χ0v) is 33.4. The Morgan fingerprint density at radius 1 is 0.367 bits per heavy atom. The van der Waals surface area contributed by atoms with Gasteiger partial charge in [0, 0.05) is 33.1 Å². The number of nitrogens with zero attached hydrogens (tertiary/aromatic N) is 1. The Bertz CT molecular complexity index is 3360. The first-order chi connectivity index (χ1) is 29.5. The maximum atomic E-state index is 6.32. The number of anilines is 3. The van der Waals surface area contributed by atoms with Gasteiger partial charge in [-0.3, -0.25) is 0 Å². The van der Waals surface area contributed by atoms with Crippen molar-refractivity contribution in [1.82, 2.24) is 0 Å². The minimum absolute atomic E-state index is 0.131. The molecule has 1 aromatic heterocycles. The van der Waals surface area contributed by atoms with Gasteiger partial charge in [-0.2, -0.15) is 0 Å². The Kier molecular flexibility index (Phi) is 6.74. The number of hydrogen-bond donors (Lipinski definition) is 0. The van der Waals surface area contributed by atoms with E-state index in [1.54, 1.807) is 0 Å². The average molecular weight is 766 g/mol. The average Bonchev–Trinajstić information content (AvgIpc) is 3.99. The first-order valence-corrected chi connectivity index (χ1v) is 21.0. The molecule has 0 amide bonds. The van der Waals surface area contributed by atoms with Crippen LogP contribution in [0.5, 0.6) is 0 Å². The van der Waals surface area contributed by atoms with Crippen LogP contribution in [0.25, 0.3) is 66.4 Å². The molecule has 10 aromatic rings. The zero-order valence-electron chi connectivity index (χ0n) is 33.4. The molecule has 0 saturated heterocycles. The monoisotopic (exact) mass is 765 g/mol. The second-order valence-electron chi connectivity index (χ2n) is 17.2. The lowest BCUT2D eigenvalue weighted by molar-refractivity contribution is 0.660. The quantitative estimate of drug-likeness (QED) is 0.177. The molecule has 1 spiro atoms. The lowest BCUT2D eigenvalue weighted by atomic mass is 9.70. The van der Waals surface area contributed by atoms with Crippen molar-refractivity contribution in [3.05, 3.63) is 234 Å². The second-order valence-corrected chi connectivity index (χ2v) is 17.2. The molecule has 0 unspecified atom stereocenters. The summed E-state index contributed by atoms with van der Waals surface area (Å²) in [5, 5.41) is 2.29. The van der Waals surface area contributed by atoms with Crippen molar-refractivity contribution in [3.63, 3.8) is 0 Å². The minimum Gasteiger partial charge on any atom is -0.456 e. The van der Waals surface area contributed by atoms with Gasteiger partial charge in [0.2, 0.25) is 0 Å². The van der Waals surface area contributed by atoms with Gasteiger partial charge in [0.05, 0.1) is 11.1 Å². The normalized spacial score (nSPS) is 14.4. The highest BCUT2D eigenvalue weighted by molar-refractivity contribution is 6.06. The van der Waals surface area contributed by atoms with E-state index in [2.05, 4.69) is 207 Å². The lowest BCUT2D eigenvalue weighted by Crippen LogP contribution is -2.26. The molecule has 0 fully saturated rings. The number of furan rings is 1. The van der Waals surface area contributed by atoms with Crippen LogP contribution in [0.15, 0.2) is 205 Å². The summed E-state index contributed by atoms with van der Waals surface area (Å²) in [7, 11) is 0. The van der Waals surface area contributed by atoms with Crippen LogP contribution in [0.2, 0.25) is 0 Å². The molecule has 1 heterocycles. The summed E-state index contributed by atoms with van der Waals surface area (Å²) in [5.74, 6) is 0. The first-order valence-electron chi connectivity index (χ1n) is 21.0. The molecule has 2 nitrogen and oxygen atoms in total. The van der Waals surface area contributed by atoms with E-state index in [0.717, 1.165) is 44.4 Å². The molecular weight excluding hydrogens is 727 g/mol. The Morgan fingerprint density at radius 2 is 0.900 bits per heavy atom. The third kappa shape index (κ3) is 4.32. The van der Waals surface area contributed by atoms with E-state index in [-0.39, 0.29) is 5.41 Å². The predicted octanol–water partition coefficient (Wildman–Crippen LogP) is 15.4. The fourth-order valence-corrected chi connectivity index (χ4v) is 11.3. The predicted molar refractivity (Wildman–Crippen MR) is 248 cm³/mol. The van der Waals surface area contributed by atoms with Gasteiger partial charge >= 0.3 is 0 Å². The van der Waals surface area contributed by atoms with Gasteiger partial charge in [-0.25, -0.2) is 0 Å². The van der Waals surface area contributed by atoms with E-state index in [1.165, 1.54) is 72.4 Å². The van der Waals surface area contributed by atoms with Gasteiger partial charge in [0.1, 0.15) is 11.2 Å². The molecule has 282 valence electrons. The third-order valence-corrected chi connectivity index (χ3v) is 13.9.